The molecule has 2 nitrogen and oxygen atoms in total. The zero-order valence-electron chi connectivity index (χ0n) is 11.8. The van der Waals surface area contributed by atoms with E-state index in [1.165, 1.54) is 0 Å². The van der Waals surface area contributed by atoms with Crippen molar-refractivity contribution in [2.24, 2.45) is 16.7 Å². The Balaban J connectivity index is 2.20. The third-order valence-corrected chi connectivity index (χ3v) is 5.08. The SMILES string of the molecule is CC1(C)[C@H](C=Cc2ccccc2)CC[C@@]1(C)C(=O)[O-]. The Morgan fingerprint density at radius 1 is 1.26 bits per heavy atom. The molecule has 0 bridgehead atoms. The average molecular weight is 257 g/mol. The van der Waals surface area contributed by atoms with Crippen LogP contribution in [0.25, 0.3) is 6.08 Å². The molecule has 1 aliphatic carbocycles. The maximum Gasteiger partial charge on any atom is 0.0479 e. The highest BCUT2D eigenvalue weighted by Gasteiger charge is 2.51. The minimum Gasteiger partial charge on any atom is -0.550 e. The number of hydrogen-bond donors (Lipinski definition) is 0. The van der Waals surface area contributed by atoms with E-state index in [1.807, 2.05) is 39.0 Å². The first-order valence-electron chi connectivity index (χ1n) is 6.82. The zero-order valence-corrected chi connectivity index (χ0v) is 11.8. The first-order chi connectivity index (χ1) is 8.88. The lowest BCUT2D eigenvalue weighted by atomic mass is 9.65. The molecule has 1 aromatic carbocycles. The van der Waals surface area contributed by atoms with Gasteiger partial charge in [-0.15, -0.1) is 0 Å². The monoisotopic (exact) mass is 257 g/mol. The number of carbonyl (C=O) groups excluding carboxylic acids is 1. The number of carbonyl (C=O) groups is 1. The quantitative estimate of drug-likeness (QED) is 0.835. The number of hydrogen-bond acceptors (Lipinski definition) is 2. The van der Waals surface area contributed by atoms with Crippen LogP contribution in [0.1, 0.15) is 39.2 Å². The highest BCUT2D eigenvalue weighted by atomic mass is 16.4. The van der Waals surface area contributed by atoms with Gasteiger partial charge in [-0.25, -0.2) is 0 Å². The standard InChI is InChI=1S/C17H22O2/c1-16(2)14(11-12-17(16,3)15(18)19)10-9-13-7-5-4-6-8-13/h4-10,14H,11-12H2,1-3H3,(H,18,19)/p-1/t14-,17+/m1/s1. The van der Waals surface area contributed by atoms with Gasteiger partial charge in [0.2, 0.25) is 0 Å². The summed E-state index contributed by atoms with van der Waals surface area (Å²) in [5.41, 5.74) is 0.135. The Bertz CT molecular complexity index is 487. The topological polar surface area (TPSA) is 40.1 Å². The molecule has 1 fully saturated rings. The van der Waals surface area contributed by atoms with Gasteiger partial charge in [0.25, 0.3) is 0 Å². The fraction of sp³-hybridized carbons (Fsp3) is 0.471. The number of carboxylic acid groups (broad SMARTS) is 1. The van der Waals surface area contributed by atoms with Gasteiger partial charge in [-0.2, -0.15) is 0 Å². The predicted molar refractivity (Wildman–Crippen MR) is 75.1 cm³/mol. The van der Waals surface area contributed by atoms with Crippen LogP contribution in [0.3, 0.4) is 0 Å². The summed E-state index contributed by atoms with van der Waals surface area (Å²) in [5.74, 6) is -0.649. The Hall–Kier alpha value is -1.57. The summed E-state index contributed by atoms with van der Waals surface area (Å²) in [4.78, 5) is 11.4. The molecular weight excluding hydrogens is 236 g/mol. The van der Waals surface area contributed by atoms with Crippen molar-refractivity contribution in [1.82, 2.24) is 0 Å². The normalized spacial score (nSPS) is 29.7. The average Bonchev–Trinajstić information content (AvgIpc) is 2.61. The second-order valence-electron chi connectivity index (χ2n) is 6.26. The van der Waals surface area contributed by atoms with Crippen LogP contribution in [0, 0.1) is 16.7 Å². The number of allylic oxidation sites excluding steroid dienone is 1. The van der Waals surface area contributed by atoms with E-state index in [4.69, 9.17) is 0 Å². The van der Waals surface area contributed by atoms with Crippen LogP contribution in [-0.2, 0) is 4.79 Å². The second kappa shape index (κ2) is 4.84. The van der Waals surface area contributed by atoms with E-state index in [0.29, 0.717) is 6.42 Å². The molecule has 0 unspecified atom stereocenters. The third kappa shape index (κ3) is 2.32. The van der Waals surface area contributed by atoms with Gasteiger partial charge in [-0.05, 0) is 29.7 Å². The predicted octanol–water partition coefficient (Wildman–Crippen LogP) is 2.89. The molecule has 0 N–H and O–H groups in total. The Morgan fingerprint density at radius 2 is 1.89 bits per heavy atom. The molecule has 0 spiro atoms. The zero-order chi connectivity index (χ0) is 14.1. The minimum atomic E-state index is -0.923. The molecule has 2 heteroatoms. The highest BCUT2D eigenvalue weighted by Crippen LogP contribution is 2.56. The molecule has 0 heterocycles. The summed E-state index contributed by atoms with van der Waals surface area (Å²) in [6, 6.07) is 10.1. The maximum atomic E-state index is 11.4. The number of benzene rings is 1. The molecule has 1 aromatic rings. The summed E-state index contributed by atoms with van der Waals surface area (Å²) >= 11 is 0. The van der Waals surface area contributed by atoms with Crippen molar-refractivity contribution in [3.63, 3.8) is 0 Å². The molecule has 0 amide bonds. The lowest BCUT2D eigenvalue weighted by Crippen LogP contribution is -2.47. The van der Waals surface area contributed by atoms with E-state index in [2.05, 4.69) is 24.3 Å². The van der Waals surface area contributed by atoms with Crippen molar-refractivity contribution in [2.75, 3.05) is 0 Å². The molecule has 19 heavy (non-hydrogen) atoms. The van der Waals surface area contributed by atoms with E-state index in [1.54, 1.807) is 0 Å². The largest absolute Gasteiger partial charge is 0.550 e. The summed E-state index contributed by atoms with van der Waals surface area (Å²) in [7, 11) is 0. The molecule has 0 radical (unpaired) electrons. The molecule has 2 rings (SSSR count). The van der Waals surface area contributed by atoms with E-state index in [-0.39, 0.29) is 11.3 Å². The minimum absolute atomic E-state index is 0.274. The van der Waals surface area contributed by atoms with Gasteiger partial charge in [0, 0.05) is 11.4 Å². The van der Waals surface area contributed by atoms with Crippen LogP contribution in [-0.4, -0.2) is 5.97 Å². The molecule has 0 aliphatic heterocycles. The molecule has 102 valence electrons. The lowest BCUT2D eigenvalue weighted by molar-refractivity contribution is -0.323. The van der Waals surface area contributed by atoms with Crippen LogP contribution in [0.15, 0.2) is 36.4 Å². The molecule has 1 saturated carbocycles. The van der Waals surface area contributed by atoms with Crippen molar-refractivity contribution >= 4 is 12.0 Å². The maximum absolute atomic E-state index is 11.4. The van der Waals surface area contributed by atoms with Crippen molar-refractivity contribution in [3.8, 4) is 0 Å². The first kappa shape index (κ1) is 13.9. The lowest BCUT2D eigenvalue weighted by Gasteiger charge is -2.41. The van der Waals surface area contributed by atoms with Gasteiger partial charge in [-0.3, -0.25) is 0 Å². The van der Waals surface area contributed by atoms with Gasteiger partial charge in [0.1, 0.15) is 0 Å². The van der Waals surface area contributed by atoms with Crippen LogP contribution < -0.4 is 5.11 Å². The van der Waals surface area contributed by atoms with E-state index < -0.39 is 11.4 Å². The van der Waals surface area contributed by atoms with Gasteiger partial charge in [-0.1, -0.05) is 63.3 Å². The fourth-order valence-corrected chi connectivity index (χ4v) is 3.03. The highest BCUT2D eigenvalue weighted by molar-refractivity contribution is 5.74. The number of carboxylic acids is 1. The van der Waals surface area contributed by atoms with Crippen LogP contribution in [0.2, 0.25) is 0 Å². The third-order valence-electron chi connectivity index (χ3n) is 5.08. The smallest absolute Gasteiger partial charge is 0.0479 e. The fourth-order valence-electron chi connectivity index (χ4n) is 3.03. The summed E-state index contributed by atoms with van der Waals surface area (Å²) in [5, 5.41) is 11.4. The Kier molecular flexibility index (Phi) is 3.53. The van der Waals surface area contributed by atoms with Crippen molar-refractivity contribution in [2.45, 2.75) is 33.6 Å². The summed E-state index contributed by atoms with van der Waals surface area (Å²) < 4.78 is 0. The van der Waals surface area contributed by atoms with Crippen LogP contribution in [0.4, 0.5) is 0 Å². The van der Waals surface area contributed by atoms with Crippen molar-refractivity contribution < 1.29 is 9.90 Å². The molecule has 0 aromatic heterocycles. The van der Waals surface area contributed by atoms with Crippen molar-refractivity contribution in [3.05, 3.63) is 42.0 Å². The molecule has 0 saturated heterocycles. The van der Waals surface area contributed by atoms with Gasteiger partial charge in [0.15, 0.2) is 0 Å². The number of aliphatic carboxylic acids is 1. The van der Waals surface area contributed by atoms with Gasteiger partial charge >= 0.3 is 0 Å². The Labute approximate surface area is 115 Å². The first-order valence-corrected chi connectivity index (χ1v) is 6.82. The summed E-state index contributed by atoms with van der Waals surface area (Å²) in [6.45, 7) is 5.89. The summed E-state index contributed by atoms with van der Waals surface area (Å²) in [6.07, 6.45) is 5.84. The van der Waals surface area contributed by atoms with Gasteiger partial charge in [0.05, 0.1) is 0 Å². The van der Waals surface area contributed by atoms with Crippen molar-refractivity contribution in [1.29, 1.82) is 0 Å². The molecular formula is C17H21O2-. The van der Waals surface area contributed by atoms with Gasteiger partial charge < -0.3 is 9.90 Å². The number of rotatable bonds is 3. The van der Waals surface area contributed by atoms with Crippen LogP contribution >= 0.6 is 0 Å². The van der Waals surface area contributed by atoms with E-state index in [0.717, 1.165) is 12.0 Å². The molecule has 2 atom stereocenters. The Morgan fingerprint density at radius 3 is 2.42 bits per heavy atom. The van der Waals surface area contributed by atoms with E-state index >= 15 is 0 Å². The second-order valence-corrected chi connectivity index (χ2v) is 6.26. The van der Waals surface area contributed by atoms with E-state index in [9.17, 15) is 9.90 Å². The van der Waals surface area contributed by atoms with Crippen LogP contribution in [0.5, 0.6) is 0 Å². The molecule has 1 aliphatic rings.